The van der Waals surface area contributed by atoms with Crippen molar-refractivity contribution in [1.29, 1.82) is 0 Å². The molecule has 0 spiro atoms. The molecule has 0 bridgehead atoms. The fourth-order valence-corrected chi connectivity index (χ4v) is 1.46. The van der Waals surface area contributed by atoms with Crippen LogP contribution in [-0.2, 0) is 14.3 Å². The number of unbranched alkanes of at least 4 members (excludes halogenated alkanes) is 2. The fraction of sp³-hybridized carbons (Fsp3) is 0.833. The Balaban J connectivity index is 0. The number of hydrogen-bond acceptors (Lipinski definition) is 5. The molecule has 0 heterocycles. The Morgan fingerprint density at radius 3 is 1.88 bits per heavy atom. The number of hydrogen-bond donors (Lipinski definition) is 4. The number of nitrogens with two attached hydrogens (primary N) is 1. The third kappa shape index (κ3) is 24.4. The van der Waals surface area contributed by atoms with Gasteiger partial charge in [0.1, 0.15) is 5.60 Å². The monoisotopic (exact) mass is 374 g/mol. The molecular weight excluding hydrogens is 336 g/mol. The largest absolute Gasteiger partial charge is 0.444 e. The van der Waals surface area contributed by atoms with Gasteiger partial charge in [-0.3, -0.25) is 20.4 Å². The zero-order chi connectivity index (χ0) is 20.6. The molecule has 0 unspecified atom stereocenters. The molecule has 5 N–H and O–H groups in total. The first-order valence-electron chi connectivity index (χ1n) is 9.22. The van der Waals surface area contributed by atoms with Crippen LogP contribution in [0, 0.1) is 5.92 Å². The smallest absolute Gasteiger partial charge is 0.407 e. The molecule has 0 saturated carbocycles. The topological polar surface area (TPSA) is 123 Å². The molecule has 0 saturated heterocycles. The average Bonchev–Trinajstić information content (AvgIpc) is 2.47. The van der Waals surface area contributed by atoms with Gasteiger partial charge in [0.25, 0.3) is 0 Å². The minimum atomic E-state index is -0.579. The fourth-order valence-electron chi connectivity index (χ4n) is 1.46. The van der Waals surface area contributed by atoms with E-state index in [0.717, 1.165) is 25.2 Å². The van der Waals surface area contributed by atoms with E-state index in [1.54, 1.807) is 20.8 Å². The van der Waals surface area contributed by atoms with E-state index in [9.17, 15) is 14.4 Å². The molecule has 8 heteroatoms. The zero-order valence-corrected chi connectivity index (χ0v) is 17.2. The summed E-state index contributed by atoms with van der Waals surface area (Å²) in [6.45, 7) is 12.5. The van der Waals surface area contributed by atoms with Crippen molar-refractivity contribution in [1.82, 2.24) is 16.2 Å². The van der Waals surface area contributed by atoms with Crippen LogP contribution < -0.4 is 21.9 Å². The standard InChI is InChI=1S/C14H28N4O4.C4H10/c1-14(2,3)22-13(21)16-10-8-12(20)18-17-11(19)7-5-4-6-9-15;1-4(2)3/h4-10,15H2,1-3H3,(H,16,21)(H,17,19)(H,18,20);4H,1-3H3. The molecule has 154 valence electrons. The lowest BCUT2D eigenvalue weighted by Crippen LogP contribution is -2.43. The SMILES string of the molecule is CC(C)(C)OC(=O)NCCC(=O)NNC(=O)CCCCCN.CC(C)C. The number of alkyl carbamates (subject to hydrolysis) is 1. The highest BCUT2D eigenvalue weighted by molar-refractivity contribution is 5.82. The lowest BCUT2D eigenvalue weighted by molar-refractivity contribution is -0.128. The van der Waals surface area contributed by atoms with Crippen LogP contribution in [0.2, 0.25) is 0 Å². The van der Waals surface area contributed by atoms with Crippen LogP contribution in [0.5, 0.6) is 0 Å². The summed E-state index contributed by atoms with van der Waals surface area (Å²) in [6.07, 6.45) is 2.32. The lowest BCUT2D eigenvalue weighted by Gasteiger charge is -2.19. The average molecular weight is 375 g/mol. The molecule has 0 atom stereocenters. The van der Waals surface area contributed by atoms with Crippen molar-refractivity contribution < 1.29 is 19.1 Å². The molecule has 0 aromatic heterocycles. The van der Waals surface area contributed by atoms with E-state index in [4.69, 9.17) is 10.5 Å². The Labute approximate surface area is 158 Å². The summed E-state index contributed by atoms with van der Waals surface area (Å²) in [5.41, 5.74) is 9.38. The van der Waals surface area contributed by atoms with E-state index in [-0.39, 0.29) is 24.8 Å². The Morgan fingerprint density at radius 2 is 1.42 bits per heavy atom. The van der Waals surface area contributed by atoms with Gasteiger partial charge in [0, 0.05) is 19.4 Å². The van der Waals surface area contributed by atoms with Gasteiger partial charge in [-0.2, -0.15) is 0 Å². The summed E-state index contributed by atoms with van der Waals surface area (Å²) in [7, 11) is 0. The Bertz CT molecular complexity index is 404. The van der Waals surface area contributed by atoms with E-state index < -0.39 is 11.7 Å². The maximum atomic E-state index is 11.5. The van der Waals surface area contributed by atoms with Crippen LogP contribution >= 0.6 is 0 Å². The van der Waals surface area contributed by atoms with Crippen LogP contribution in [0.15, 0.2) is 0 Å². The van der Waals surface area contributed by atoms with E-state index in [2.05, 4.69) is 36.9 Å². The minimum Gasteiger partial charge on any atom is -0.444 e. The van der Waals surface area contributed by atoms with Crippen molar-refractivity contribution >= 4 is 17.9 Å². The maximum absolute atomic E-state index is 11.5. The number of carbonyl (C=O) groups is 3. The number of ether oxygens (including phenoxy) is 1. The minimum absolute atomic E-state index is 0.0483. The van der Waals surface area contributed by atoms with Crippen LogP contribution in [0.3, 0.4) is 0 Å². The molecule has 3 amide bonds. The molecule has 0 radical (unpaired) electrons. The first-order chi connectivity index (χ1) is 12.0. The second-order valence-corrected chi connectivity index (χ2v) is 7.61. The molecule has 0 aromatic rings. The van der Waals surface area contributed by atoms with Gasteiger partial charge < -0.3 is 15.8 Å². The molecule has 8 nitrogen and oxygen atoms in total. The van der Waals surface area contributed by atoms with E-state index in [0.29, 0.717) is 13.0 Å². The predicted molar refractivity (Wildman–Crippen MR) is 103 cm³/mol. The second kappa shape index (κ2) is 15.4. The molecule has 0 aromatic carbocycles. The highest BCUT2D eigenvalue weighted by Crippen LogP contribution is 2.06. The Hall–Kier alpha value is -1.83. The predicted octanol–water partition coefficient (Wildman–Crippen LogP) is 2.23. The Kier molecular flexibility index (Phi) is 15.7. The summed E-state index contributed by atoms with van der Waals surface area (Å²) in [6, 6.07) is 0. The van der Waals surface area contributed by atoms with E-state index in [1.165, 1.54) is 0 Å². The summed E-state index contributed by atoms with van der Waals surface area (Å²) >= 11 is 0. The highest BCUT2D eigenvalue weighted by atomic mass is 16.6. The van der Waals surface area contributed by atoms with Gasteiger partial charge in [0.05, 0.1) is 0 Å². The van der Waals surface area contributed by atoms with Crippen molar-refractivity contribution in [3.8, 4) is 0 Å². The van der Waals surface area contributed by atoms with Crippen LogP contribution in [0.4, 0.5) is 4.79 Å². The lowest BCUT2D eigenvalue weighted by atomic mass is 10.2. The zero-order valence-electron chi connectivity index (χ0n) is 17.2. The number of rotatable bonds is 8. The number of nitrogens with one attached hydrogen (secondary N) is 3. The summed E-state index contributed by atoms with van der Waals surface area (Å²) in [4.78, 5) is 34.2. The van der Waals surface area contributed by atoms with Crippen molar-refractivity contribution in [2.45, 2.75) is 79.2 Å². The molecule has 26 heavy (non-hydrogen) atoms. The second-order valence-electron chi connectivity index (χ2n) is 7.61. The molecule has 0 fully saturated rings. The number of hydrazine groups is 1. The van der Waals surface area contributed by atoms with Crippen LogP contribution in [-0.4, -0.2) is 36.6 Å². The van der Waals surface area contributed by atoms with Gasteiger partial charge in [-0.1, -0.05) is 27.2 Å². The third-order valence-electron chi connectivity index (χ3n) is 2.47. The van der Waals surface area contributed by atoms with Crippen molar-refractivity contribution in [3.05, 3.63) is 0 Å². The van der Waals surface area contributed by atoms with Crippen molar-refractivity contribution in [2.75, 3.05) is 13.1 Å². The van der Waals surface area contributed by atoms with Crippen molar-refractivity contribution in [2.24, 2.45) is 11.7 Å². The molecule has 0 rings (SSSR count). The number of amides is 3. The Morgan fingerprint density at radius 1 is 0.923 bits per heavy atom. The van der Waals surface area contributed by atoms with Crippen molar-refractivity contribution in [3.63, 3.8) is 0 Å². The van der Waals surface area contributed by atoms with Gasteiger partial charge in [-0.05, 0) is 46.1 Å². The molecular formula is C18H38N4O4. The van der Waals surface area contributed by atoms with Gasteiger partial charge in [0.2, 0.25) is 11.8 Å². The van der Waals surface area contributed by atoms with Gasteiger partial charge in [0.15, 0.2) is 0 Å². The first kappa shape index (κ1) is 26.4. The molecule has 0 aliphatic rings. The normalized spacial score (nSPS) is 10.5. The molecule has 0 aliphatic heterocycles. The quantitative estimate of drug-likeness (QED) is 0.383. The third-order valence-corrected chi connectivity index (χ3v) is 2.47. The van der Waals surface area contributed by atoms with E-state index in [1.807, 2.05) is 0 Å². The van der Waals surface area contributed by atoms with Crippen LogP contribution in [0.25, 0.3) is 0 Å². The van der Waals surface area contributed by atoms with Crippen LogP contribution in [0.1, 0.15) is 73.6 Å². The summed E-state index contributed by atoms with van der Waals surface area (Å²) in [5, 5.41) is 2.46. The van der Waals surface area contributed by atoms with E-state index >= 15 is 0 Å². The van der Waals surface area contributed by atoms with Gasteiger partial charge in [-0.15, -0.1) is 0 Å². The highest BCUT2D eigenvalue weighted by Gasteiger charge is 2.15. The van der Waals surface area contributed by atoms with Gasteiger partial charge >= 0.3 is 6.09 Å². The summed E-state index contributed by atoms with van der Waals surface area (Å²) in [5.74, 6) is 0.205. The molecule has 0 aliphatic carbocycles. The number of carbonyl (C=O) groups excluding carboxylic acids is 3. The summed E-state index contributed by atoms with van der Waals surface area (Å²) < 4.78 is 5.02. The van der Waals surface area contributed by atoms with Gasteiger partial charge in [-0.25, -0.2) is 4.79 Å². The maximum Gasteiger partial charge on any atom is 0.407 e. The first-order valence-corrected chi connectivity index (χ1v) is 9.22.